The number of carbonyl (C=O) groups excluding carboxylic acids is 1. The van der Waals surface area contributed by atoms with E-state index in [0.29, 0.717) is 16.3 Å². The maximum absolute atomic E-state index is 12.2. The number of carbonyl (C=O) groups is 1. The highest BCUT2D eigenvalue weighted by Gasteiger charge is 2.31. The molecule has 1 aliphatic rings. The molecule has 1 N–H and O–H groups in total. The first-order valence-corrected chi connectivity index (χ1v) is 7.05. The smallest absolute Gasteiger partial charge is 0.388 e. The van der Waals surface area contributed by atoms with Crippen molar-refractivity contribution in [2.75, 3.05) is 11.1 Å². The predicted octanol–water partition coefficient (Wildman–Crippen LogP) is 3.09. The second-order valence-electron chi connectivity index (χ2n) is 4.32. The van der Waals surface area contributed by atoms with Crippen LogP contribution in [-0.4, -0.2) is 28.0 Å². The second-order valence-corrected chi connectivity index (χ2v) is 5.29. The normalized spacial score (nSPS) is 14.2. The molecule has 2 aromatic rings. The fourth-order valence-corrected chi connectivity index (χ4v) is 2.60. The van der Waals surface area contributed by atoms with Gasteiger partial charge in [0.2, 0.25) is 11.8 Å². The van der Waals surface area contributed by atoms with Crippen molar-refractivity contribution in [1.82, 2.24) is 9.97 Å². The SMILES string of the molecule is O=C1CSc2ncc(-c3cccc(OC(F)(F)F)n3)cc2N1. The minimum Gasteiger partial charge on any atom is -0.388 e. The van der Waals surface area contributed by atoms with Crippen LogP contribution in [0.3, 0.4) is 0 Å². The van der Waals surface area contributed by atoms with Gasteiger partial charge in [0, 0.05) is 17.8 Å². The van der Waals surface area contributed by atoms with Crippen molar-refractivity contribution < 1.29 is 22.7 Å². The first-order valence-electron chi connectivity index (χ1n) is 6.06. The van der Waals surface area contributed by atoms with E-state index in [1.54, 1.807) is 6.07 Å². The van der Waals surface area contributed by atoms with Gasteiger partial charge in [0.25, 0.3) is 0 Å². The molecule has 3 heterocycles. The Labute approximate surface area is 126 Å². The average Bonchev–Trinajstić information content (AvgIpc) is 2.45. The van der Waals surface area contributed by atoms with Gasteiger partial charge in [-0.1, -0.05) is 17.8 Å². The van der Waals surface area contributed by atoms with Gasteiger partial charge in [0.1, 0.15) is 5.03 Å². The minimum absolute atomic E-state index is 0.154. The van der Waals surface area contributed by atoms with Crippen LogP contribution in [-0.2, 0) is 4.79 Å². The Morgan fingerprint density at radius 2 is 2.14 bits per heavy atom. The van der Waals surface area contributed by atoms with Gasteiger partial charge >= 0.3 is 6.36 Å². The maximum Gasteiger partial charge on any atom is 0.574 e. The number of hydrogen-bond acceptors (Lipinski definition) is 5. The zero-order chi connectivity index (χ0) is 15.7. The molecule has 0 saturated heterocycles. The minimum atomic E-state index is -4.80. The molecule has 0 spiro atoms. The van der Waals surface area contributed by atoms with Crippen LogP contribution in [0.15, 0.2) is 35.5 Å². The number of amides is 1. The van der Waals surface area contributed by atoms with Crippen LogP contribution in [0, 0.1) is 0 Å². The predicted molar refractivity (Wildman–Crippen MR) is 73.5 cm³/mol. The highest BCUT2D eigenvalue weighted by molar-refractivity contribution is 8.00. The molecule has 0 fully saturated rings. The summed E-state index contributed by atoms with van der Waals surface area (Å²) < 4.78 is 40.4. The van der Waals surface area contributed by atoms with E-state index in [9.17, 15) is 18.0 Å². The lowest BCUT2D eigenvalue weighted by atomic mass is 10.2. The van der Waals surface area contributed by atoms with Crippen LogP contribution in [0.25, 0.3) is 11.3 Å². The summed E-state index contributed by atoms with van der Waals surface area (Å²) in [6.07, 6.45) is -3.31. The molecule has 0 radical (unpaired) electrons. The molecule has 3 rings (SSSR count). The van der Waals surface area contributed by atoms with Crippen molar-refractivity contribution in [1.29, 1.82) is 0 Å². The van der Waals surface area contributed by atoms with Crippen molar-refractivity contribution >= 4 is 23.4 Å². The molecule has 1 amide bonds. The number of ether oxygens (including phenoxy) is 1. The first kappa shape index (κ1) is 14.6. The number of aromatic nitrogens is 2. The van der Waals surface area contributed by atoms with Crippen LogP contribution < -0.4 is 10.1 Å². The lowest BCUT2D eigenvalue weighted by Gasteiger charge is -2.16. The molecule has 1 aliphatic heterocycles. The number of fused-ring (bicyclic) bond motifs is 1. The van der Waals surface area contributed by atoms with Gasteiger partial charge in [0.15, 0.2) is 0 Å². The van der Waals surface area contributed by atoms with E-state index < -0.39 is 12.2 Å². The van der Waals surface area contributed by atoms with E-state index in [4.69, 9.17) is 0 Å². The molecule has 114 valence electrons. The summed E-state index contributed by atoms with van der Waals surface area (Å²) in [4.78, 5) is 19.3. The summed E-state index contributed by atoms with van der Waals surface area (Å²) >= 11 is 1.29. The van der Waals surface area contributed by atoms with Crippen LogP contribution >= 0.6 is 11.8 Å². The highest BCUT2D eigenvalue weighted by Crippen LogP contribution is 2.32. The van der Waals surface area contributed by atoms with Crippen molar-refractivity contribution in [2.45, 2.75) is 11.4 Å². The van der Waals surface area contributed by atoms with Crippen molar-refractivity contribution in [3.63, 3.8) is 0 Å². The van der Waals surface area contributed by atoms with E-state index in [1.165, 1.54) is 30.1 Å². The highest BCUT2D eigenvalue weighted by atomic mass is 32.2. The monoisotopic (exact) mass is 327 g/mol. The molecule has 2 aromatic heterocycles. The van der Waals surface area contributed by atoms with Gasteiger partial charge in [-0.15, -0.1) is 13.2 Å². The standard InChI is InChI=1S/C13H8F3N3O2S/c14-13(15,16)21-11-3-1-2-8(19-11)7-4-9-12(17-5-7)22-6-10(20)18-9/h1-5H,6H2,(H,18,20). The molecular formula is C13H8F3N3O2S. The molecule has 0 unspecified atom stereocenters. The van der Waals surface area contributed by atoms with Gasteiger partial charge < -0.3 is 10.1 Å². The Morgan fingerprint density at radius 3 is 2.91 bits per heavy atom. The number of alkyl halides is 3. The number of nitrogens with zero attached hydrogens (tertiary/aromatic N) is 2. The number of nitrogens with one attached hydrogen (secondary N) is 1. The third-order valence-electron chi connectivity index (χ3n) is 2.70. The molecule has 22 heavy (non-hydrogen) atoms. The van der Waals surface area contributed by atoms with Crippen molar-refractivity contribution in [2.24, 2.45) is 0 Å². The number of rotatable bonds is 2. The van der Waals surface area contributed by atoms with Gasteiger partial charge in [-0.25, -0.2) is 9.97 Å². The molecule has 0 aromatic carbocycles. The first-order chi connectivity index (χ1) is 10.4. The summed E-state index contributed by atoms with van der Waals surface area (Å²) in [7, 11) is 0. The van der Waals surface area contributed by atoms with E-state index in [0.717, 1.165) is 6.07 Å². The number of halogens is 3. The maximum atomic E-state index is 12.2. The number of anilines is 1. The van der Waals surface area contributed by atoms with E-state index >= 15 is 0 Å². The molecule has 0 saturated carbocycles. The lowest BCUT2D eigenvalue weighted by molar-refractivity contribution is -0.276. The van der Waals surface area contributed by atoms with Crippen molar-refractivity contribution in [3.05, 3.63) is 30.5 Å². The average molecular weight is 327 g/mol. The van der Waals surface area contributed by atoms with Crippen LogP contribution in [0.1, 0.15) is 0 Å². The Balaban J connectivity index is 1.93. The second kappa shape index (κ2) is 5.48. The molecule has 0 aliphatic carbocycles. The topological polar surface area (TPSA) is 64.1 Å². The Hall–Kier alpha value is -2.29. The fourth-order valence-electron chi connectivity index (χ4n) is 1.87. The summed E-state index contributed by atoms with van der Waals surface area (Å²) in [6.45, 7) is 0. The summed E-state index contributed by atoms with van der Waals surface area (Å²) in [5.41, 5.74) is 1.26. The van der Waals surface area contributed by atoms with E-state index in [-0.39, 0.29) is 17.4 Å². The zero-order valence-corrected chi connectivity index (χ0v) is 11.7. The van der Waals surface area contributed by atoms with E-state index in [1.807, 2.05) is 0 Å². The van der Waals surface area contributed by atoms with Gasteiger partial charge in [-0.05, 0) is 12.1 Å². The third kappa shape index (κ3) is 3.30. The molecule has 0 atom stereocenters. The summed E-state index contributed by atoms with van der Waals surface area (Å²) in [5.74, 6) is -0.424. The van der Waals surface area contributed by atoms with Crippen LogP contribution in [0.5, 0.6) is 5.88 Å². The molecular weight excluding hydrogens is 319 g/mol. The van der Waals surface area contributed by atoms with Gasteiger partial charge in [-0.3, -0.25) is 4.79 Å². The number of thioether (sulfide) groups is 1. The summed E-state index contributed by atoms with van der Waals surface area (Å²) in [5, 5.41) is 3.32. The van der Waals surface area contributed by atoms with Gasteiger partial charge in [-0.2, -0.15) is 0 Å². The molecule has 5 nitrogen and oxygen atoms in total. The van der Waals surface area contributed by atoms with Crippen molar-refractivity contribution in [3.8, 4) is 17.1 Å². The molecule has 0 bridgehead atoms. The third-order valence-corrected chi connectivity index (χ3v) is 3.71. The number of hydrogen-bond donors (Lipinski definition) is 1. The fraction of sp³-hybridized carbons (Fsp3) is 0.154. The van der Waals surface area contributed by atoms with Crippen LogP contribution in [0.4, 0.5) is 18.9 Å². The van der Waals surface area contributed by atoms with E-state index in [2.05, 4.69) is 20.0 Å². The number of pyridine rings is 2. The largest absolute Gasteiger partial charge is 0.574 e. The zero-order valence-electron chi connectivity index (χ0n) is 10.8. The van der Waals surface area contributed by atoms with Crippen LogP contribution in [0.2, 0.25) is 0 Å². The quantitative estimate of drug-likeness (QED) is 0.918. The van der Waals surface area contributed by atoms with Gasteiger partial charge in [0.05, 0.1) is 17.1 Å². The summed E-state index contributed by atoms with van der Waals surface area (Å²) in [6, 6.07) is 5.66. The Bertz CT molecular complexity index is 737. The molecule has 9 heteroatoms. The Kier molecular flexibility index (Phi) is 3.65. The lowest BCUT2D eigenvalue weighted by Crippen LogP contribution is -2.19. The Morgan fingerprint density at radius 1 is 1.32 bits per heavy atom.